The molecule has 0 unspecified atom stereocenters. The lowest BCUT2D eigenvalue weighted by Crippen LogP contribution is -2.69. The second kappa shape index (κ2) is 10.3. The molecule has 1 aliphatic heterocycles. The molecular formula is C29H32O5Si. The molecule has 182 valence electrons. The lowest BCUT2D eigenvalue weighted by atomic mass is 9.97. The molecule has 5 nitrogen and oxygen atoms in total. The maximum Gasteiger partial charge on any atom is 0.330 e. The first-order valence-corrected chi connectivity index (χ1v) is 13.7. The molecule has 1 heterocycles. The van der Waals surface area contributed by atoms with Gasteiger partial charge in [0, 0.05) is 6.08 Å². The molecule has 0 amide bonds. The minimum atomic E-state index is -3.11. The van der Waals surface area contributed by atoms with Gasteiger partial charge in [0.2, 0.25) is 0 Å². The van der Waals surface area contributed by atoms with Crippen LogP contribution in [0.5, 0.6) is 0 Å². The van der Waals surface area contributed by atoms with Gasteiger partial charge in [0.05, 0.1) is 0 Å². The van der Waals surface area contributed by atoms with Gasteiger partial charge in [-0.1, -0.05) is 112 Å². The average molecular weight is 489 g/mol. The van der Waals surface area contributed by atoms with Crippen LogP contribution in [-0.4, -0.2) is 42.8 Å². The predicted molar refractivity (Wildman–Crippen MR) is 139 cm³/mol. The van der Waals surface area contributed by atoms with Gasteiger partial charge in [-0.2, -0.15) is 0 Å². The van der Waals surface area contributed by atoms with E-state index in [0.717, 1.165) is 10.4 Å². The number of hydrogen-bond donors (Lipinski definition) is 2. The zero-order valence-corrected chi connectivity index (χ0v) is 21.2. The first-order valence-electron chi connectivity index (χ1n) is 11.8. The maximum absolute atomic E-state index is 12.4. The molecule has 1 aliphatic rings. The van der Waals surface area contributed by atoms with Gasteiger partial charge in [-0.3, -0.25) is 0 Å². The van der Waals surface area contributed by atoms with Crippen LogP contribution < -0.4 is 10.4 Å². The predicted octanol–water partition coefficient (Wildman–Crippen LogP) is 3.51. The minimum absolute atomic E-state index is 0.363. The Hall–Kier alpha value is -3.03. The van der Waals surface area contributed by atoms with Crippen LogP contribution in [0.4, 0.5) is 0 Å². The van der Waals surface area contributed by atoms with E-state index >= 15 is 0 Å². The number of aliphatic hydroxyl groups is 2. The van der Waals surface area contributed by atoms with Gasteiger partial charge in [-0.05, 0) is 27.1 Å². The number of ether oxygens (including phenoxy) is 1. The summed E-state index contributed by atoms with van der Waals surface area (Å²) >= 11 is 0. The monoisotopic (exact) mass is 488 g/mol. The molecule has 0 fully saturated rings. The van der Waals surface area contributed by atoms with Crippen molar-refractivity contribution in [3.05, 3.63) is 109 Å². The van der Waals surface area contributed by atoms with Crippen molar-refractivity contribution < 1.29 is 24.2 Å². The molecule has 0 radical (unpaired) electrons. The molecular weight excluding hydrogens is 456 g/mol. The van der Waals surface area contributed by atoms with Crippen molar-refractivity contribution in [2.75, 3.05) is 0 Å². The summed E-state index contributed by atoms with van der Waals surface area (Å²) in [5.74, 6) is -0.627. The normalized spacial score (nSPS) is 21.7. The van der Waals surface area contributed by atoms with Crippen molar-refractivity contribution in [3.8, 4) is 0 Å². The number of benzene rings is 3. The molecule has 0 spiro atoms. The topological polar surface area (TPSA) is 76.0 Å². The highest BCUT2D eigenvalue weighted by Gasteiger charge is 2.54. The van der Waals surface area contributed by atoms with Gasteiger partial charge in [0.25, 0.3) is 8.32 Å². The van der Waals surface area contributed by atoms with Gasteiger partial charge >= 0.3 is 5.97 Å². The number of rotatable bonds is 6. The van der Waals surface area contributed by atoms with E-state index in [0.29, 0.717) is 5.56 Å². The first kappa shape index (κ1) is 25.1. The molecule has 0 aromatic heterocycles. The maximum atomic E-state index is 12.4. The Kier molecular flexibility index (Phi) is 7.38. The number of carbonyl (C=O) groups excluding carboxylic acids is 1. The van der Waals surface area contributed by atoms with Gasteiger partial charge < -0.3 is 19.4 Å². The minimum Gasteiger partial charge on any atom is -0.453 e. The van der Waals surface area contributed by atoms with Crippen LogP contribution in [0.15, 0.2) is 103 Å². The first-order chi connectivity index (χ1) is 16.7. The molecule has 0 saturated carbocycles. The summed E-state index contributed by atoms with van der Waals surface area (Å²) in [6.07, 6.45) is -1.87. The van der Waals surface area contributed by atoms with Crippen molar-refractivity contribution in [3.63, 3.8) is 0 Å². The number of aliphatic hydroxyl groups excluding tert-OH is 2. The molecule has 0 saturated heterocycles. The van der Waals surface area contributed by atoms with Crippen LogP contribution >= 0.6 is 0 Å². The lowest BCUT2D eigenvalue weighted by molar-refractivity contribution is -0.160. The highest BCUT2D eigenvalue weighted by molar-refractivity contribution is 6.99. The van der Waals surface area contributed by atoms with Crippen molar-refractivity contribution in [2.24, 2.45) is 0 Å². The Morgan fingerprint density at radius 1 is 0.857 bits per heavy atom. The number of hydrogen-bond acceptors (Lipinski definition) is 5. The Labute approximate surface area is 207 Å². The number of cyclic esters (lactones) is 1. The molecule has 3 aromatic carbocycles. The Balaban J connectivity index is 1.89. The van der Waals surface area contributed by atoms with E-state index in [-0.39, 0.29) is 5.04 Å². The van der Waals surface area contributed by atoms with Crippen LogP contribution in [0.3, 0.4) is 0 Å². The quantitative estimate of drug-likeness (QED) is 0.410. The van der Waals surface area contributed by atoms with E-state index in [4.69, 9.17) is 9.16 Å². The summed E-state index contributed by atoms with van der Waals surface area (Å²) in [7, 11) is -3.11. The smallest absolute Gasteiger partial charge is 0.330 e. The van der Waals surface area contributed by atoms with Crippen LogP contribution in [0.25, 0.3) is 0 Å². The van der Waals surface area contributed by atoms with Crippen molar-refractivity contribution >= 4 is 24.7 Å². The summed E-state index contributed by atoms with van der Waals surface area (Å²) in [6, 6.07) is 29.1. The second-order valence-electron chi connectivity index (χ2n) is 9.85. The summed E-state index contributed by atoms with van der Waals surface area (Å²) in [4.78, 5) is 12.4. The Morgan fingerprint density at radius 3 is 1.83 bits per heavy atom. The van der Waals surface area contributed by atoms with Gasteiger partial charge in [-0.25, -0.2) is 4.79 Å². The highest BCUT2D eigenvalue weighted by Crippen LogP contribution is 2.40. The van der Waals surface area contributed by atoms with E-state index < -0.39 is 38.7 Å². The van der Waals surface area contributed by atoms with Crippen LogP contribution in [0.2, 0.25) is 5.04 Å². The largest absolute Gasteiger partial charge is 0.453 e. The Morgan fingerprint density at radius 2 is 1.34 bits per heavy atom. The van der Waals surface area contributed by atoms with Crippen molar-refractivity contribution in [1.29, 1.82) is 0 Å². The number of esters is 1. The molecule has 6 heteroatoms. The molecule has 2 N–H and O–H groups in total. The molecule has 0 aliphatic carbocycles. The fraction of sp³-hybridized carbons (Fsp3) is 0.276. The van der Waals surface area contributed by atoms with Gasteiger partial charge in [0.1, 0.15) is 18.3 Å². The third-order valence-electron chi connectivity index (χ3n) is 6.52. The summed E-state index contributed by atoms with van der Waals surface area (Å²) in [5.41, 5.74) is 0.579. The van der Waals surface area contributed by atoms with Gasteiger partial charge in [-0.15, -0.1) is 0 Å². The summed E-state index contributed by atoms with van der Waals surface area (Å²) < 4.78 is 12.8. The fourth-order valence-electron chi connectivity index (χ4n) is 4.84. The van der Waals surface area contributed by atoms with Crippen molar-refractivity contribution in [2.45, 2.75) is 50.2 Å². The lowest BCUT2D eigenvalue weighted by Gasteiger charge is -2.47. The number of carbonyl (C=O) groups is 1. The van der Waals surface area contributed by atoms with E-state index in [9.17, 15) is 15.0 Å². The van der Waals surface area contributed by atoms with Crippen LogP contribution in [0, 0.1) is 0 Å². The molecule has 3 aromatic rings. The zero-order chi connectivity index (χ0) is 25.1. The highest BCUT2D eigenvalue weighted by atomic mass is 28.4. The zero-order valence-electron chi connectivity index (χ0n) is 20.2. The van der Waals surface area contributed by atoms with Crippen molar-refractivity contribution in [1.82, 2.24) is 0 Å². The second-order valence-corrected chi connectivity index (χ2v) is 14.1. The van der Waals surface area contributed by atoms with Crippen LogP contribution in [-0.2, 0) is 14.0 Å². The third-order valence-corrected chi connectivity index (χ3v) is 11.6. The SMILES string of the molecule is CC(C)(C)[Si](O[C@H]1[C@@H]([C@H](O)c2ccccc2)OC(=O)C=C[C@@H]1O)(c1ccccc1)c1ccccc1. The standard InChI is InChI=1S/C29H32O5Si/c1-29(2,3)35(22-15-9-5-10-16-22,23-17-11-6-12-18-23)34-27-24(30)19-20-25(31)33-28(27)26(32)21-13-7-4-8-14-21/h4-20,24,26-28,30,32H,1-3H3/t24-,26+,27+,28+/m0/s1. The molecule has 35 heavy (non-hydrogen) atoms. The fourth-order valence-corrected chi connectivity index (χ4v) is 9.53. The van der Waals surface area contributed by atoms with E-state index in [1.54, 1.807) is 12.1 Å². The Bertz CT molecular complexity index is 1100. The van der Waals surface area contributed by atoms with E-state index in [1.165, 1.54) is 12.2 Å². The molecule has 0 bridgehead atoms. The summed E-state index contributed by atoms with van der Waals surface area (Å²) in [6.45, 7) is 6.40. The summed E-state index contributed by atoms with van der Waals surface area (Å²) in [5, 5.41) is 24.2. The molecule has 4 atom stereocenters. The average Bonchev–Trinajstić information content (AvgIpc) is 3.01. The third kappa shape index (κ3) is 5.02. The van der Waals surface area contributed by atoms with Gasteiger partial charge in [0.15, 0.2) is 6.10 Å². The molecule has 4 rings (SSSR count). The van der Waals surface area contributed by atoms with E-state index in [2.05, 4.69) is 45.0 Å². The van der Waals surface area contributed by atoms with E-state index in [1.807, 2.05) is 54.6 Å². The van der Waals surface area contributed by atoms with Crippen LogP contribution in [0.1, 0.15) is 32.4 Å².